The number of aliphatic imine (C=N–C) groups is 1. The fourth-order valence-electron chi connectivity index (χ4n) is 2.12. The molecular weight excluding hydrogens is 306 g/mol. The van der Waals surface area contributed by atoms with Crippen LogP contribution < -0.4 is 20.1 Å². The number of benzene rings is 1. The minimum atomic E-state index is -0.0474. The van der Waals surface area contributed by atoms with E-state index >= 15 is 0 Å². The van der Waals surface area contributed by atoms with Crippen molar-refractivity contribution in [3.8, 4) is 11.5 Å². The smallest absolute Gasteiger partial charge is 0.191 e. The molecule has 0 spiro atoms. The van der Waals surface area contributed by atoms with Crippen molar-refractivity contribution in [2.45, 2.75) is 26.5 Å². The first-order chi connectivity index (χ1) is 11.7. The lowest BCUT2D eigenvalue weighted by molar-refractivity contribution is 0.213. The molecule has 0 fully saturated rings. The number of nitrogens with one attached hydrogen (secondary N) is 2. The zero-order valence-corrected chi connectivity index (χ0v) is 14.4. The molecule has 24 heavy (non-hydrogen) atoms. The first-order valence-corrected chi connectivity index (χ1v) is 8.07. The maximum absolute atomic E-state index is 5.93. The lowest BCUT2D eigenvalue weighted by atomic mass is 10.3. The number of ether oxygens (including phenoxy) is 2. The average molecular weight is 331 g/mol. The molecule has 0 amide bonds. The Hall–Kier alpha value is -2.63. The Labute approximate surface area is 142 Å². The molecule has 2 N–H and O–H groups in total. The fourth-order valence-corrected chi connectivity index (χ4v) is 2.12. The summed E-state index contributed by atoms with van der Waals surface area (Å²) in [5.41, 5.74) is 0. The van der Waals surface area contributed by atoms with Gasteiger partial charge in [0.1, 0.15) is 18.4 Å². The van der Waals surface area contributed by atoms with Crippen LogP contribution in [0.3, 0.4) is 0 Å². The predicted octanol–water partition coefficient (Wildman–Crippen LogP) is 2.81. The summed E-state index contributed by atoms with van der Waals surface area (Å²) in [6.45, 7) is 5.91. The van der Waals surface area contributed by atoms with Crippen LogP contribution in [-0.2, 0) is 6.54 Å². The Kier molecular flexibility index (Phi) is 7.01. The highest BCUT2D eigenvalue weighted by Crippen LogP contribution is 2.26. The molecule has 0 aliphatic heterocycles. The maximum atomic E-state index is 5.93. The summed E-state index contributed by atoms with van der Waals surface area (Å²) in [5.74, 6) is 3.00. The van der Waals surface area contributed by atoms with Crippen LogP contribution in [0.25, 0.3) is 0 Å². The summed E-state index contributed by atoms with van der Waals surface area (Å²) in [7, 11) is 1.63. The number of hydrogen-bond acceptors (Lipinski definition) is 4. The predicted molar refractivity (Wildman–Crippen MR) is 94.6 cm³/mol. The molecule has 6 heteroatoms. The first-order valence-electron chi connectivity index (χ1n) is 8.07. The molecule has 1 unspecified atom stereocenters. The molecule has 6 nitrogen and oxygen atoms in total. The first kappa shape index (κ1) is 17.7. The lowest BCUT2D eigenvalue weighted by Gasteiger charge is -2.18. The molecule has 2 rings (SSSR count). The summed E-state index contributed by atoms with van der Waals surface area (Å²) in [6.07, 6.45) is 1.60. The number of nitrogens with zero attached hydrogens (tertiary/aromatic N) is 1. The van der Waals surface area contributed by atoms with Crippen LogP contribution >= 0.6 is 0 Å². The van der Waals surface area contributed by atoms with Crippen molar-refractivity contribution in [3.63, 3.8) is 0 Å². The van der Waals surface area contributed by atoms with E-state index in [0.717, 1.165) is 29.8 Å². The maximum Gasteiger partial charge on any atom is 0.191 e. The molecule has 0 bridgehead atoms. The van der Waals surface area contributed by atoms with E-state index < -0.39 is 0 Å². The van der Waals surface area contributed by atoms with Gasteiger partial charge in [0.15, 0.2) is 17.5 Å². The second-order valence-corrected chi connectivity index (χ2v) is 5.23. The largest absolute Gasteiger partial charge is 0.493 e. The highest BCUT2D eigenvalue weighted by molar-refractivity contribution is 5.79. The number of para-hydroxylation sites is 2. The van der Waals surface area contributed by atoms with Gasteiger partial charge in [-0.15, -0.1) is 0 Å². The normalized spacial score (nSPS) is 12.5. The molecule has 0 aliphatic rings. The molecule has 1 aromatic heterocycles. The van der Waals surface area contributed by atoms with Gasteiger partial charge in [-0.25, -0.2) is 4.99 Å². The summed E-state index contributed by atoms with van der Waals surface area (Å²) in [4.78, 5) is 4.49. The van der Waals surface area contributed by atoms with Crippen molar-refractivity contribution in [3.05, 3.63) is 48.4 Å². The lowest BCUT2D eigenvalue weighted by Crippen LogP contribution is -2.41. The van der Waals surface area contributed by atoms with E-state index in [0.29, 0.717) is 13.1 Å². The molecule has 1 aromatic carbocycles. The fraction of sp³-hybridized carbons (Fsp3) is 0.389. The van der Waals surface area contributed by atoms with Gasteiger partial charge in [0.05, 0.1) is 19.9 Å². The Balaban J connectivity index is 1.87. The van der Waals surface area contributed by atoms with Crippen LogP contribution in [0.2, 0.25) is 0 Å². The van der Waals surface area contributed by atoms with E-state index in [1.54, 1.807) is 13.4 Å². The monoisotopic (exact) mass is 331 g/mol. The van der Waals surface area contributed by atoms with E-state index in [9.17, 15) is 0 Å². The average Bonchev–Trinajstić information content (AvgIpc) is 3.11. The van der Waals surface area contributed by atoms with Crippen LogP contribution in [-0.4, -0.2) is 32.3 Å². The van der Waals surface area contributed by atoms with Gasteiger partial charge in [0, 0.05) is 6.54 Å². The van der Waals surface area contributed by atoms with E-state index in [1.165, 1.54) is 0 Å². The molecule has 1 atom stereocenters. The van der Waals surface area contributed by atoms with Gasteiger partial charge in [-0.2, -0.15) is 0 Å². The van der Waals surface area contributed by atoms with Crippen LogP contribution in [0.5, 0.6) is 11.5 Å². The third-order valence-corrected chi connectivity index (χ3v) is 3.27. The van der Waals surface area contributed by atoms with Gasteiger partial charge in [-0.1, -0.05) is 12.1 Å². The quantitative estimate of drug-likeness (QED) is 0.575. The molecule has 2 aromatic rings. The van der Waals surface area contributed by atoms with Crippen molar-refractivity contribution in [1.29, 1.82) is 0 Å². The number of methoxy groups -OCH3 is 1. The van der Waals surface area contributed by atoms with Crippen LogP contribution in [0.15, 0.2) is 52.1 Å². The number of rotatable bonds is 8. The van der Waals surface area contributed by atoms with Crippen molar-refractivity contribution < 1.29 is 13.9 Å². The Morgan fingerprint density at radius 2 is 1.96 bits per heavy atom. The van der Waals surface area contributed by atoms with Crippen molar-refractivity contribution in [2.24, 2.45) is 4.99 Å². The van der Waals surface area contributed by atoms with Crippen molar-refractivity contribution in [1.82, 2.24) is 10.6 Å². The highest BCUT2D eigenvalue weighted by Gasteiger charge is 2.09. The molecule has 0 radical (unpaired) electrons. The summed E-state index contributed by atoms with van der Waals surface area (Å²) in [5, 5.41) is 6.48. The summed E-state index contributed by atoms with van der Waals surface area (Å²) in [6, 6.07) is 11.4. The van der Waals surface area contributed by atoms with Crippen LogP contribution in [0.1, 0.15) is 19.6 Å². The van der Waals surface area contributed by atoms with Gasteiger partial charge in [-0.05, 0) is 38.1 Å². The number of guanidine groups is 1. The summed E-state index contributed by atoms with van der Waals surface area (Å²) >= 11 is 0. The van der Waals surface area contributed by atoms with Gasteiger partial charge in [0.25, 0.3) is 0 Å². The number of furan rings is 1. The Bertz CT molecular complexity index is 626. The second kappa shape index (κ2) is 9.50. The zero-order chi connectivity index (χ0) is 17.2. The van der Waals surface area contributed by atoms with Crippen molar-refractivity contribution in [2.75, 3.05) is 20.2 Å². The highest BCUT2D eigenvalue weighted by atomic mass is 16.5. The molecule has 1 heterocycles. The van der Waals surface area contributed by atoms with E-state index in [-0.39, 0.29) is 6.10 Å². The second-order valence-electron chi connectivity index (χ2n) is 5.23. The third-order valence-electron chi connectivity index (χ3n) is 3.27. The molecular formula is C18H25N3O3. The zero-order valence-electron chi connectivity index (χ0n) is 14.4. The third kappa shape index (κ3) is 5.53. The SMILES string of the molecule is CCNC(=NCc1ccco1)NCC(C)Oc1ccccc1OC. The van der Waals surface area contributed by atoms with Crippen molar-refractivity contribution >= 4 is 5.96 Å². The van der Waals surface area contributed by atoms with E-state index in [4.69, 9.17) is 13.9 Å². The molecule has 130 valence electrons. The minimum absolute atomic E-state index is 0.0474. The van der Waals surface area contributed by atoms with E-state index in [2.05, 4.69) is 15.6 Å². The summed E-state index contributed by atoms with van der Waals surface area (Å²) < 4.78 is 16.5. The van der Waals surface area contributed by atoms with Crippen LogP contribution in [0, 0.1) is 0 Å². The van der Waals surface area contributed by atoms with Gasteiger partial charge in [0.2, 0.25) is 0 Å². The standard InChI is InChI=1S/C18H25N3O3/c1-4-19-18(21-13-15-8-7-11-23-15)20-12-14(2)24-17-10-6-5-9-16(17)22-3/h5-11,14H,4,12-13H2,1-3H3,(H2,19,20,21). The van der Waals surface area contributed by atoms with Gasteiger partial charge >= 0.3 is 0 Å². The topological polar surface area (TPSA) is 68.0 Å². The van der Waals surface area contributed by atoms with Gasteiger partial charge < -0.3 is 24.5 Å². The molecule has 0 saturated carbocycles. The molecule has 0 aliphatic carbocycles. The number of hydrogen-bond donors (Lipinski definition) is 2. The van der Waals surface area contributed by atoms with Gasteiger partial charge in [-0.3, -0.25) is 0 Å². The Morgan fingerprint density at radius 1 is 1.17 bits per heavy atom. The minimum Gasteiger partial charge on any atom is -0.493 e. The Morgan fingerprint density at radius 3 is 2.62 bits per heavy atom. The molecule has 0 saturated heterocycles. The van der Waals surface area contributed by atoms with E-state index in [1.807, 2.05) is 50.2 Å². The van der Waals surface area contributed by atoms with Crippen LogP contribution in [0.4, 0.5) is 0 Å².